The highest BCUT2D eigenvalue weighted by Gasteiger charge is 2.47. The lowest BCUT2D eigenvalue weighted by Crippen LogP contribution is -2.42. The van der Waals surface area contributed by atoms with Crippen molar-refractivity contribution >= 4 is 66.9 Å². The second-order valence-corrected chi connectivity index (χ2v) is 17.6. The van der Waals surface area contributed by atoms with E-state index in [9.17, 15) is 28.8 Å². The van der Waals surface area contributed by atoms with Gasteiger partial charge in [0.15, 0.2) is 5.78 Å². The van der Waals surface area contributed by atoms with Gasteiger partial charge in [0.2, 0.25) is 0 Å². The Labute approximate surface area is 337 Å². The summed E-state index contributed by atoms with van der Waals surface area (Å²) in [6.07, 6.45) is 0.810. The summed E-state index contributed by atoms with van der Waals surface area (Å²) in [6, 6.07) is 28.3. The van der Waals surface area contributed by atoms with Crippen molar-refractivity contribution in [2.45, 2.75) is 102 Å². The van der Waals surface area contributed by atoms with Crippen molar-refractivity contribution in [1.82, 2.24) is 0 Å². The molecule has 0 saturated heterocycles. The molecular weight excluding hydrogens is 816 g/mol. The largest absolute Gasteiger partial charge is 0.469 e. The summed E-state index contributed by atoms with van der Waals surface area (Å²) in [5, 5.41) is 0. The predicted octanol–water partition coefficient (Wildman–Crippen LogP) is 9.86. The minimum Gasteiger partial charge on any atom is -0.469 e. The topological polar surface area (TPSA) is 121 Å². The molecule has 3 aromatic carbocycles. The van der Waals surface area contributed by atoms with Crippen molar-refractivity contribution in [2.24, 2.45) is 5.41 Å². The molecular formula is C44H54Br2O8. The highest BCUT2D eigenvalue weighted by Crippen LogP contribution is 2.43. The van der Waals surface area contributed by atoms with Gasteiger partial charge in [0.05, 0.1) is 16.8 Å². The fourth-order valence-electron chi connectivity index (χ4n) is 5.49. The van der Waals surface area contributed by atoms with E-state index in [0.717, 1.165) is 16.7 Å². The fraction of sp³-hybridized carbons (Fsp3) is 0.409. The molecule has 0 radical (unpaired) electrons. The van der Waals surface area contributed by atoms with E-state index in [0.29, 0.717) is 12.0 Å². The van der Waals surface area contributed by atoms with Crippen LogP contribution in [-0.4, -0.2) is 50.8 Å². The predicted molar refractivity (Wildman–Crippen MR) is 221 cm³/mol. The molecule has 0 aliphatic rings. The van der Waals surface area contributed by atoms with Gasteiger partial charge in [-0.15, -0.1) is 0 Å². The van der Waals surface area contributed by atoms with Crippen LogP contribution < -0.4 is 0 Å². The minimum absolute atomic E-state index is 0.0414. The molecule has 5 unspecified atom stereocenters. The number of carbonyl (C=O) groups is 6. The summed E-state index contributed by atoms with van der Waals surface area (Å²) in [5.74, 6) is -1.54. The lowest BCUT2D eigenvalue weighted by Gasteiger charge is -2.35. The van der Waals surface area contributed by atoms with Crippen LogP contribution in [0.4, 0.5) is 0 Å². The Bertz CT molecular complexity index is 1710. The van der Waals surface area contributed by atoms with Crippen LogP contribution in [0.3, 0.4) is 0 Å². The Morgan fingerprint density at radius 2 is 1.02 bits per heavy atom. The summed E-state index contributed by atoms with van der Waals surface area (Å²) in [6.45, 7) is 16.6. The van der Waals surface area contributed by atoms with Crippen LogP contribution in [0.2, 0.25) is 0 Å². The molecule has 0 amide bonds. The third kappa shape index (κ3) is 16.1. The third-order valence-corrected chi connectivity index (χ3v) is 10.5. The molecule has 3 rings (SSSR count). The van der Waals surface area contributed by atoms with Crippen molar-refractivity contribution in [1.29, 1.82) is 0 Å². The SMILES string of the molecule is C=C(C)C(C)=O.CC(=O)C(CC(C)(Br)C(C)=O)c1ccccc1.COC(=O)C(C)(CC(C(C)=O)c1ccccc1)CC(C)(Br)C(=O)OCc1ccccc1. The van der Waals surface area contributed by atoms with Crippen LogP contribution >= 0.6 is 31.9 Å². The van der Waals surface area contributed by atoms with Crippen LogP contribution in [0.5, 0.6) is 0 Å². The molecule has 0 bridgehead atoms. The zero-order valence-electron chi connectivity index (χ0n) is 32.9. The smallest absolute Gasteiger partial charge is 0.322 e. The Balaban J connectivity index is 0.000000528. The maximum Gasteiger partial charge on any atom is 0.322 e. The standard InChI is InChI=1S/C25H29BrO5.C14H17BrO2.C5H8O/c1-18(27)21(20-13-9-6-10-14-20)15-24(2,22(28)30-4)17-25(3,26)23(29)31-16-19-11-7-5-8-12-19;1-10(16)13(9-14(3,15)11(2)17)12-7-5-4-6-8-12;1-4(2)5(3)6/h5-14,21H,15-17H2,1-4H3;4-8,13H,9H2,1-3H3;1H2,2-3H3. The highest BCUT2D eigenvalue weighted by atomic mass is 79.9. The van der Waals surface area contributed by atoms with E-state index in [4.69, 9.17) is 9.47 Å². The van der Waals surface area contributed by atoms with Gasteiger partial charge in [0.25, 0.3) is 0 Å². The van der Waals surface area contributed by atoms with Crippen LogP contribution in [0, 0.1) is 5.41 Å². The summed E-state index contributed by atoms with van der Waals surface area (Å²) in [5.41, 5.74) is 2.19. The van der Waals surface area contributed by atoms with Crippen molar-refractivity contribution in [3.63, 3.8) is 0 Å². The van der Waals surface area contributed by atoms with Gasteiger partial charge in [0.1, 0.15) is 28.3 Å². The summed E-state index contributed by atoms with van der Waals surface area (Å²) < 4.78 is 8.77. The molecule has 0 saturated carbocycles. The number of ketones is 4. The molecule has 292 valence electrons. The minimum atomic E-state index is -1.14. The van der Waals surface area contributed by atoms with Crippen molar-refractivity contribution in [2.75, 3.05) is 7.11 Å². The molecule has 54 heavy (non-hydrogen) atoms. The van der Waals surface area contributed by atoms with Crippen LogP contribution in [0.15, 0.2) is 103 Å². The number of methoxy groups -OCH3 is 1. The first-order valence-corrected chi connectivity index (χ1v) is 19.1. The first-order valence-electron chi connectivity index (χ1n) is 17.5. The van der Waals surface area contributed by atoms with E-state index >= 15 is 0 Å². The zero-order chi connectivity index (χ0) is 41.3. The number of carbonyl (C=O) groups excluding carboxylic acids is 6. The quantitative estimate of drug-likeness (QED) is 0.0793. The monoisotopic (exact) mass is 868 g/mol. The lowest BCUT2D eigenvalue weighted by atomic mass is 9.72. The first-order chi connectivity index (χ1) is 25.1. The molecule has 0 fully saturated rings. The molecule has 0 aliphatic carbocycles. The number of hydrogen-bond donors (Lipinski definition) is 0. The first kappa shape index (κ1) is 48.0. The Morgan fingerprint density at radius 1 is 0.630 bits per heavy atom. The number of esters is 2. The van der Waals surface area contributed by atoms with Gasteiger partial charge in [-0.3, -0.25) is 28.8 Å². The average Bonchev–Trinajstić information content (AvgIpc) is 3.12. The molecule has 0 aromatic heterocycles. The van der Waals surface area contributed by atoms with Gasteiger partial charge >= 0.3 is 11.9 Å². The number of hydrogen-bond acceptors (Lipinski definition) is 8. The number of Topliss-reactive ketones (excluding diaryl/α,β-unsaturated/α-hetero) is 4. The Kier molecular flexibility index (Phi) is 19.9. The van der Waals surface area contributed by atoms with E-state index in [1.54, 1.807) is 27.7 Å². The van der Waals surface area contributed by atoms with Crippen molar-refractivity contribution < 1.29 is 38.2 Å². The number of alkyl halides is 2. The summed E-state index contributed by atoms with van der Waals surface area (Å²) >= 11 is 6.88. The maximum atomic E-state index is 12.8. The number of allylic oxidation sites excluding steroid dienone is 1. The Morgan fingerprint density at radius 3 is 1.37 bits per heavy atom. The normalized spacial score (nSPS) is 14.9. The van der Waals surface area contributed by atoms with Crippen LogP contribution in [0.25, 0.3) is 0 Å². The van der Waals surface area contributed by atoms with Crippen molar-refractivity contribution in [3.05, 3.63) is 120 Å². The number of benzene rings is 3. The van der Waals surface area contributed by atoms with E-state index in [1.165, 1.54) is 27.9 Å². The average molecular weight is 871 g/mol. The van der Waals surface area contributed by atoms with Gasteiger partial charge in [-0.1, -0.05) is 129 Å². The van der Waals surface area contributed by atoms with E-state index in [1.807, 2.05) is 97.9 Å². The number of ether oxygens (including phenoxy) is 2. The molecule has 0 spiro atoms. The highest BCUT2D eigenvalue weighted by molar-refractivity contribution is 9.10. The van der Waals surface area contributed by atoms with E-state index in [2.05, 4.69) is 38.4 Å². The van der Waals surface area contributed by atoms with Gasteiger partial charge in [0, 0.05) is 11.8 Å². The molecule has 10 heteroatoms. The van der Waals surface area contributed by atoms with Gasteiger partial charge in [-0.05, 0) is 96.9 Å². The molecule has 3 aromatic rings. The molecule has 0 aliphatic heterocycles. The fourth-order valence-corrected chi connectivity index (χ4v) is 6.55. The summed E-state index contributed by atoms with van der Waals surface area (Å²) in [7, 11) is 1.31. The van der Waals surface area contributed by atoms with Gasteiger partial charge < -0.3 is 9.47 Å². The van der Waals surface area contributed by atoms with Crippen LogP contribution in [0.1, 0.15) is 103 Å². The zero-order valence-corrected chi connectivity index (χ0v) is 36.0. The molecule has 0 heterocycles. The lowest BCUT2D eigenvalue weighted by molar-refractivity contribution is -0.156. The van der Waals surface area contributed by atoms with Crippen LogP contribution in [-0.2, 0) is 44.8 Å². The van der Waals surface area contributed by atoms with E-state index in [-0.39, 0.29) is 48.5 Å². The van der Waals surface area contributed by atoms with Gasteiger partial charge in [-0.2, -0.15) is 0 Å². The molecule has 8 nitrogen and oxygen atoms in total. The second kappa shape index (κ2) is 22.4. The number of halogens is 2. The van der Waals surface area contributed by atoms with Gasteiger partial charge in [-0.25, -0.2) is 0 Å². The molecule has 0 N–H and O–H groups in total. The third-order valence-electron chi connectivity index (χ3n) is 9.00. The Hall–Kier alpha value is -4.02. The molecule has 5 atom stereocenters. The van der Waals surface area contributed by atoms with E-state index < -0.39 is 31.9 Å². The summed E-state index contributed by atoms with van der Waals surface area (Å²) in [4.78, 5) is 71.3. The second-order valence-electron chi connectivity index (χ2n) is 14.1. The maximum absolute atomic E-state index is 12.8. The number of rotatable bonds is 16. The van der Waals surface area contributed by atoms with Crippen molar-refractivity contribution in [3.8, 4) is 0 Å².